The van der Waals surface area contributed by atoms with Crippen LogP contribution >= 0.6 is 0 Å². The summed E-state index contributed by atoms with van der Waals surface area (Å²) in [5, 5.41) is 3.90. The molecule has 1 aliphatic heterocycles. The normalized spacial score (nSPS) is 13.2. The molecule has 2 rings (SSSR count). The quantitative estimate of drug-likeness (QED) is 0.747. The van der Waals surface area contributed by atoms with Crippen LogP contribution in [0.15, 0.2) is 29.4 Å². The zero-order valence-electron chi connectivity index (χ0n) is 7.32. The van der Waals surface area contributed by atoms with Crippen molar-refractivity contribution < 1.29 is 35.9 Å². The van der Waals surface area contributed by atoms with Crippen LogP contribution in [0.3, 0.4) is 0 Å². The van der Waals surface area contributed by atoms with Crippen molar-refractivity contribution in [2.75, 3.05) is 13.7 Å². The number of nitrogens with zero attached hydrogens (tertiary/aromatic N) is 2. The molecule has 1 aromatic carbocycles. The minimum atomic E-state index is 0. The first kappa shape index (κ1) is 10.6. The molecule has 1 aromatic rings. The smallest absolute Gasteiger partial charge is 0.118 e. The molecule has 0 aliphatic carbocycles. The van der Waals surface area contributed by atoms with Crippen LogP contribution in [0, 0.1) is 31.1 Å². The van der Waals surface area contributed by atoms with E-state index in [-0.39, 0.29) is 31.1 Å². The summed E-state index contributed by atoms with van der Waals surface area (Å²) in [6.45, 7) is 0.742. The zero-order chi connectivity index (χ0) is 8.39. The Hall–Kier alpha value is -0.458. The van der Waals surface area contributed by atoms with Gasteiger partial charge in [-0.3, -0.25) is 0 Å². The van der Waals surface area contributed by atoms with E-state index in [1.807, 2.05) is 24.3 Å². The fourth-order valence-corrected chi connectivity index (χ4v) is 1.07. The first-order valence-electron chi connectivity index (χ1n) is 3.78. The van der Waals surface area contributed by atoms with Crippen LogP contribution in [-0.4, -0.2) is 19.4 Å². The Morgan fingerprint density at radius 2 is 1.92 bits per heavy atom. The van der Waals surface area contributed by atoms with Crippen LogP contribution < -0.4 is 4.74 Å². The monoisotopic (exact) mass is 399 g/mol. The van der Waals surface area contributed by atoms with Crippen molar-refractivity contribution in [3.05, 3.63) is 35.3 Å². The van der Waals surface area contributed by atoms with Gasteiger partial charge in [-0.15, -0.1) is 0 Å². The number of rotatable bonds is 2. The number of hydrogen-bond donors (Lipinski definition) is 0. The first-order valence-corrected chi connectivity index (χ1v) is 3.78. The van der Waals surface area contributed by atoms with Gasteiger partial charge in [0.25, 0.3) is 0 Å². The molecule has 66 valence electrons. The van der Waals surface area contributed by atoms with Crippen LogP contribution in [0.2, 0.25) is 0 Å². The Kier molecular flexibility index (Phi) is 3.83. The molecule has 0 saturated heterocycles. The number of hydrogen-bond acceptors (Lipinski definition) is 2. The fraction of sp³-hybridized carbons (Fsp3) is 0.222. The molecule has 3 nitrogen and oxygen atoms in total. The van der Waals surface area contributed by atoms with Gasteiger partial charge in [0.2, 0.25) is 0 Å². The largest absolute Gasteiger partial charge is 0.597 e. The van der Waals surface area contributed by atoms with Gasteiger partial charge in [0, 0.05) is 36.8 Å². The van der Waals surface area contributed by atoms with E-state index in [0.29, 0.717) is 0 Å². The summed E-state index contributed by atoms with van der Waals surface area (Å²) in [6, 6.07) is 7.84. The Morgan fingerprint density at radius 1 is 1.31 bits per heavy atom. The second-order valence-electron chi connectivity index (χ2n) is 2.57. The predicted molar refractivity (Wildman–Crippen MR) is 47.8 cm³/mol. The third-order valence-corrected chi connectivity index (χ3v) is 1.84. The van der Waals surface area contributed by atoms with Gasteiger partial charge in [-0.1, -0.05) is 6.54 Å². The van der Waals surface area contributed by atoms with E-state index in [9.17, 15) is 0 Å². The van der Waals surface area contributed by atoms with Gasteiger partial charge >= 0.3 is 0 Å². The van der Waals surface area contributed by atoms with Gasteiger partial charge in [-0.2, -0.15) is 0 Å². The standard InChI is InChI=1S/C9H9N2O.U/c1-12-8-4-2-7(3-5-8)9-6-10-11-9;/h2-5H,6H2,1H3;/q-1;. The van der Waals surface area contributed by atoms with Crippen molar-refractivity contribution in [3.63, 3.8) is 0 Å². The van der Waals surface area contributed by atoms with E-state index in [2.05, 4.69) is 10.5 Å². The molecular formula is C9H9N2OU-. The van der Waals surface area contributed by atoms with Crippen molar-refractivity contribution in [1.29, 1.82) is 0 Å². The van der Waals surface area contributed by atoms with Crippen LogP contribution in [0.1, 0.15) is 5.56 Å². The van der Waals surface area contributed by atoms with Crippen LogP contribution in [0.25, 0.3) is 5.43 Å². The Morgan fingerprint density at radius 3 is 2.31 bits per heavy atom. The molecule has 0 radical (unpaired) electrons. The summed E-state index contributed by atoms with van der Waals surface area (Å²) >= 11 is 0. The second kappa shape index (κ2) is 4.69. The second-order valence-corrected chi connectivity index (χ2v) is 2.57. The molecule has 0 unspecified atom stereocenters. The summed E-state index contributed by atoms with van der Waals surface area (Å²) in [4.78, 5) is 0. The van der Waals surface area contributed by atoms with Gasteiger partial charge < -0.3 is 15.3 Å². The molecule has 0 N–H and O–H groups in total. The topological polar surface area (TPSA) is 35.7 Å². The number of benzene rings is 1. The SMILES string of the molecule is COc1ccc(C2=N[N-]C2)cc1.[U]. The maximum Gasteiger partial charge on any atom is 0.118 e. The van der Waals surface area contributed by atoms with Gasteiger partial charge in [0.1, 0.15) is 5.75 Å². The van der Waals surface area contributed by atoms with Crippen LogP contribution in [0.4, 0.5) is 0 Å². The third kappa shape index (κ3) is 2.26. The predicted octanol–water partition coefficient (Wildman–Crippen LogP) is 1.79. The van der Waals surface area contributed by atoms with Crippen LogP contribution in [0.5, 0.6) is 5.75 Å². The van der Waals surface area contributed by atoms with Crippen molar-refractivity contribution in [2.45, 2.75) is 0 Å². The number of ether oxygens (including phenoxy) is 1. The zero-order valence-corrected chi connectivity index (χ0v) is 11.5. The van der Waals surface area contributed by atoms with E-state index < -0.39 is 0 Å². The molecule has 4 heteroatoms. The summed E-state index contributed by atoms with van der Waals surface area (Å²) in [5.41, 5.74) is 5.96. The van der Waals surface area contributed by atoms with Gasteiger partial charge in [0.15, 0.2) is 0 Å². The molecule has 1 aliphatic rings. The molecule has 0 aromatic heterocycles. The van der Waals surface area contributed by atoms with Gasteiger partial charge in [-0.25, -0.2) is 0 Å². The van der Waals surface area contributed by atoms with Crippen LogP contribution in [-0.2, 0) is 0 Å². The van der Waals surface area contributed by atoms with Crippen molar-refractivity contribution in [1.82, 2.24) is 0 Å². The first-order chi connectivity index (χ1) is 5.90. The Bertz CT molecular complexity index is 308. The number of methoxy groups -OCH3 is 1. The average molecular weight is 399 g/mol. The summed E-state index contributed by atoms with van der Waals surface area (Å²) in [5.74, 6) is 0.871. The molecule has 0 bridgehead atoms. The fourth-order valence-electron chi connectivity index (χ4n) is 1.07. The van der Waals surface area contributed by atoms with Gasteiger partial charge in [0.05, 0.1) is 7.11 Å². The maximum absolute atomic E-state index is 5.04. The van der Waals surface area contributed by atoms with E-state index in [1.54, 1.807) is 7.11 Å². The molecule has 13 heavy (non-hydrogen) atoms. The summed E-state index contributed by atoms with van der Waals surface area (Å²) in [6.07, 6.45) is 0. The Labute approximate surface area is 101 Å². The van der Waals surface area contributed by atoms with E-state index in [0.717, 1.165) is 23.6 Å². The third-order valence-electron chi connectivity index (χ3n) is 1.84. The summed E-state index contributed by atoms with van der Waals surface area (Å²) < 4.78 is 5.04. The molecule has 0 atom stereocenters. The molecule has 1 heterocycles. The minimum absolute atomic E-state index is 0. The molecule has 0 saturated carbocycles. The molecule has 0 spiro atoms. The molecular weight excluding hydrogens is 390 g/mol. The van der Waals surface area contributed by atoms with Crippen molar-refractivity contribution in [2.24, 2.45) is 5.10 Å². The molecule has 0 amide bonds. The van der Waals surface area contributed by atoms with E-state index in [1.165, 1.54) is 0 Å². The van der Waals surface area contributed by atoms with Crippen molar-refractivity contribution in [3.8, 4) is 5.75 Å². The summed E-state index contributed by atoms with van der Waals surface area (Å²) in [7, 11) is 1.66. The maximum atomic E-state index is 5.04. The van der Waals surface area contributed by atoms with E-state index in [4.69, 9.17) is 4.74 Å². The van der Waals surface area contributed by atoms with E-state index >= 15 is 0 Å². The Balaban J connectivity index is 0.000000845. The minimum Gasteiger partial charge on any atom is -0.597 e. The average Bonchev–Trinajstić information content (AvgIpc) is 2.03. The van der Waals surface area contributed by atoms with Gasteiger partial charge in [-0.05, 0) is 29.8 Å². The van der Waals surface area contributed by atoms with Crippen molar-refractivity contribution >= 4 is 5.71 Å². The molecule has 0 fully saturated rings.